The topological polar surface area (TPSA) is 46.4 Å². The maximum atomic E-state index is 12.0. The smallest absolute Gasteiger partial charge is 0.258 e. The molecule has 0 amide bonds. The number of aromatic nitrogens is 2. The van der Waals surface area contributed by atoms with Crippen molar-refractivity contribution in [3.8, 4) is 0 Å². The summed E-state index contributed by atoms with van der Waals surface area (Å²) in [5.74, 6) is 0. The molecule has 3 heterocycles. The summed E-state index contributed by atoms with van der Waals surface area (Å²) in [6.07, 6.45) is 1.76. The van der Waals surface area contributed by atoms with Crippen molar-refractivity contribution in [2.45, 2.75) is 19.5 Å². The monoisotopic (exact) mass is 341 g/mol. The highest BCUT2D eigenvalue weighted by atomic mass is 32.1. The second-order valence-electron chi connectivity index (χ2n) is 5.43. The van der Waals surface area contributed by atoms with E-state index >= 15 is 0 Å². The molecule has 0 bridgehead atoms. The van der Waals surface area contributed by atoms with E-state index in [2.05, 4.69) is 47.6 Å². The zero-order chi connectivity index (χ0) is 15.8. The van der Waals surface area contributed by atoms with Gasteiger partial charge in [0.2, 0.25) is 0 Å². The van der Waals surface area contributed by atoms with E-state index in [-0.39, 0.29) is 11.6 Å². The first-order chi connectivity index (χ1) is 11.2. The Labute approximate surface area is 141 Å². The standard InChI is InChI=1S/C17H15N3OS2/c1-11(15-8-12-4-2-3-5-14(12)23-15)18-10-13-9-16(21)20-6-7-22-17(20)19-13/h2-9,11,18H,10H2,1H3/t11-/m0/s1. The lowest BCUT2D eigenvalue weighted by Gasteiger charge is -2.11. The molecule has 4 rings (SSSR count). The molecule has 0 aliphatic carbocycles. The van der Waals surface area contributed by atoms with Crippen LogP contribution in [0.25, 0.3) is 15.0 Å². The fraction of sp³-hybridized carbons (Fsp3) is 0.176. The van der Waals surface area contributed by atoms with Crippen LogP contribution in [0.2, 0.25) is 0 Å². The summed E-state index contributed by atoms with van der Waals surface area (Å²) in [6, 6.07) is 12.4. The van der Waals surface area contributed by atoms with Gasteiger partial charge in [-0.3, -0.25) is 9.20 Å². The van der Waals surface area contributed by atoms with E-state index in [9.17, 15) is 4.79 Å². The molecule has 6 heteroatoms. The minimum Gasteiger partial charge on any atom is -0.304 e. The lowest BCUT2D eigenvalue weighted by atomic mass is 10.2. The van der Waals surface area contributed by atoms with Gasteiger partial charge in [0.1, 0.15) is 0 Å². The van der Waals surface area contributed by atoms with Crippen molar-refractivity contribution < 1.29 is 0 Å². The van der Waals surface area contributed by atoms with Crippen LogP contribution in [0.4, 0.5) is 0 Å². The third kappa shape index (κ3) is 2.81. The van der Waals surface area contributed by atoms with Gasteiger partial charge >= 0.3 is 0 Å². The quantitative estimate of drug-likeness (QED) is 0.614. The Morgan fingerprint density at radius 3 is 3.04 bits per heavy atom. The zero-order valence-electron chi connectivity index (χ0n) is 12.5. The van der Waals surface area contributed by atoms with Gasteiger partial charge in [-0.05, 0) is 24.4 Å². The molecular formula is C17H15N3OS2. The first-order valence-electron chi connectivity index (χ1n) is 7.38. The number of fused-ring (bicyclic) bond motifs is 2. The molecule has 0 fully saturated rings. The molecule has 23 heavy (non-hydrogen) atoms. The van der Waals surface area contributed by atoms with Gasteiger partial charge in [-0.15, -0.1) is 22.7 Å². The molecule has 4 aromatic rings. The Hall–Kier alpha value is -2.02. The van der Waals surface area contributed by atoms with Gasteiger partial charge in [0.25, 0.3) is 5.56 Å². The van der Waals surface area contributed by atoms with Crippen molar-refractivity contribution in [2.24, 2.45) is 0 Å². The van der Waals surface area contributed by atoms with Crippen LogP contribution in [-0.2, 0) is 6.54 Å². The van der Waals surface area contributed by atoms with E-state index in [1.165, 1.54) is 26.3 Å². The van der Waals surface area contributed by atoms with E-state index in [1.807, 2.05) is 5.38 Å². The number of hydrogen-bond acceptors (Lipinski definition) is 5. The van der Waals surface area contributed by atoms with Crippen molar-refractivity contribution in [1.29, 1.82) is 0 Å². The van der Waals surface area contributed by atoms with Gasteiger partial charge in [0.15, 0.2) is 4.96 Å². The second kappa shape index (κ2) is 5.88. The maximum absolute atomic E-state index is 12.0. The van der Waals surface area contributed by atoms with E-state index in [0.717, 1.165) is 10.7 Å². The number of benzene rings is 1. The summed E-state index contributed by atoms with van der Waals surface area (Å²) in [5, 5.41) is 6.62. The van der Waals surface area contributed by atoms with E-state index < -0.39 is 0 Å². The summed E-state index contributed by atoms with van der Waals surface area (Å²) in [4.78, 5) is 18.6. The number of thiophene rings is 1. The van der Waals surface area contributed by atoms with E-state index in [0.29, 0.717) is 6.54 Å². The highest BCUT2D eigenvalue weighted by Crippen LogP contribution is 2.29. The zero-order valence-corrected chi connectivity index (χ0v) is 14.2. The highest BCUT2D eigenvalue weighted by molar-refractivity contribution is 7.19. The van der Waals surface area contributed by atoms with Crippen molar-refractivity contribution in [1.82, 2.24) is 14.7 Å². The van der Waals surface area contributed by atoms with Gasteiger partial charge in [-0.1, -0.05) is 18.2 Å². The molecule has 0 aliphatic heterocycles. The molecule has 1 aromatic carbocycles. The lowest BCUT2D eigenvalue weighted by Crippen LogP contribution is -2.21. The summed E-state index contributed by atoms with van der Waals surface area (Å²) >= 11 is 3.28. The Morgan fingerprint density at radius 2 is 2.17 bits per heavy atom. The number of hydrogen-bond donors (Lipinski definition) is 1. The van der Waals surface area contributed by atoms with Crippen LogP contribution in [0.5, 0.6) is 0 Å². The molecule has 1 N–H and O–H groups in total. The average molecular weight is 341 g/mol. The molecule has 3 aromatic heterocycles. The third-order valence-corrected chi connectivity index (χ3v) is 5.87. The third-order valence-electron chi connectivity index (χ3n) is 3.82. The molecule has 1 atom stereocenters. The van der Waals surface area contributed by atoms with Gasteiger partial charge in [0, 0.05) is 39.8 Å². The average Bonchev–Trinajstić information content (AvgIpc) is 3.19. The van der Waals surface area contributed by atoms with Crippen LogP contribution in [0.1, 0.15) is 23.5 Å². The Kier molecular flexibility index (Phi) is 3.72. The predicted molar refractivity (Wildman–Crippen MR) is 96.4 cm³/mol. The minimum absolute atomic E-state index is 0.0254. The predicted octanol–water partition coefficient (Wildman–Crippen LogP) is 3.82. The van der Waals surface area contributed by atoms with Crippen molar-refractivity contribution in [2.75, 3.05) is 0 Å². The number of nitrogens with zero attached hydrogens (tertiary/aromatic N) is 2. The van der Waals surface area contributed by atoms with Gasteiger partial charge in [-0.25, -0.2) is 4.98 Å². The van der Waals surface area contributed by atoms with Crippen LogP contribution in [0, 0.1) is 0 Å². The van der Waals surface area contributed by atoms with Crippen molar-refractivity contribution in [3.05, 3.63) is 68.9 Å². The van der Waals surface area contributed by atoms with E-state index in [4.69, 9.17) is 0 Å². The Morgan fingerprint density at radius 1 is 1.30 bits per heavy atom. The highest BCUT2D eigenvalue weighted by Gasteiger charge is 2.10. The van der Waals surface area contributed by atoms with Crippen LogP contribution in [0.15, 0.2) is 52.8 Å². The van der Waals surface area contributed by atoms with E-state index in [1.54, 1.807) is 28.0 Å². The molecule has 0 spiro atoms. The molecule has 0 aliphatic rings. The fourth-order valence-electron chi connectivity index (χ4n) is 2.55. The number of thiazole rings is 1. The van der Waals surface area contributed by atoms with Crippen LogP contribution in [-0.4, -0.2) is 9.38 Å². The maximum Gasteiger partial charge on any atom is 0.258 e. The van der Waals surface area contributed by atoms with Crippen LogP contribution in [0.3, 0.4) is 0 Å². The molecule has 0 saturated heterocycles. The second-order valence-corrected chi connectivity index (χ2v) is 7.42. The summed E-state index contributed by atoms with van der Waals surface area (Å²) in [6.45, 7) is 2.72. The molecule has 116 valence electrons. The summed E-state index contributed by atoms with van der Waals surface area (Å²) in [5.41, 5.74) is 0.757. The first-order valence-corrected chi connectivity index (χ1v) is 9.08. The molecule has 0 saturated carbocycles. The van der Waals surface area contributed by atoms with Crippen LogP contribution >= 0.6 is 22.7 Å². The SMILES string of the molecule is C[C@H](NCc1cc(=O)n2ccsc2n1)c1cc2ccccc2s1. The lowest BCUT2D eigenvalue weighted by molar-refractivity contribution is 0.575. The largest absolute Gasteiger partial charge is 0.304 e. The van der Waals surface area contributed by atoms with Crippen molar-refractivity contribution in [3.63, 3.8) is 0 Å². The normalized spacial score (nSPS) is 12.9. The molecule has 0 unspecified atom stereocenters. The van der Waals surface area contributed by atoms with Gasteiger partial charge < -0.3 is 5.32 Å². The van der Waals surface area contributed by atoms with Crippen LogP contribution < -0.4 is 10.9 Å². The summed E-state index contributed by atoms with van der Waals surface area (Å²) < 4.78 is 2.87. The Balaban J connectivity index is 1.53. The number of rotatable bonds is 4. The minimum atomic E-state index is -0.0254. The van der Waals surface area contributed by atoms with Gasteiger partial charge in [-0.2, -0.15) is 0 Å². The fourth-order valence-corrected chi connectivity index (χ4v) is 4.38. The summed E-state index contributed by atoms with van der Waals surface area (Å²) in [7, 11) is 0. The Bertz CT molecular complexity index is 998. The van der Waals surface area contributed by atoms with Crippen molar-refractivity contribution >= 4 is 37.7 Å². The number of nitrogens with one attached hydrogen (secondary N) is 1. The molecular weight excluding hydrogens is 326 g/mol. The molecule has 4 nitrogen and oxygen atoms in total. The molecule has 0 radical (unpaired) electrons. The first kappa shape index (κ1) is 14.6. The van der Waals surface area contributed by atoms with Gasteiger partial charge in [0.05, 0.1) is 5.69 Å².